The molecule has 23 heavy (non-hydrogen) atoms. The number of carbonyl (C=O) groups excluding carboxylic acids is 1. The molecule has 0 N–H and O–H groups in total. The lowest BCUT2D eigenvalue weighted by Crippen LogP contribution is -2.07. The van der Waals surface area contributed by atoms with Crippen molar-refractivity contribution in [2.75, 3.05) is 0 Å². The zero-order valence-corrected chi connectivity index (χ0v) is 13.5. The summed E-state index contributed by atoms with van der Waals surface area (Å²) in [5.41, 5.74) is 1.62. The number of thiazole rings is 1. The average Bonchev–Trinajstić information content (AvgIpc) is 2.97. The Morgan fingerprint density at radius 1 is 1.26 bits per heavy atom. The summed E-state index contributed by atoms with van der Waals surface area (Å²) < 4.78 is 0.907. The highest BCUT2D eigenvalue weighted by molar-refractivity contribution is 7.18. The molecule has 1 atom stereocenters. The van der Waals surface area contributed by atoms with Gasteiger partial charge in [-0.05, 0) is 29.8 Å². The average molecular weight is 339 g/mol. The molecule has 2 aromatic carbocycles. The van der Waals surface area contributed by atoms with Gasteiger partial charge in [-0.3, -0.25) is 4.79 Å². The molecule has 0 saturated heterocycles. The number of aromatic nitrogens is 1. The first-order valence-electron chi connectivity index (χ1n) is 6.90. The van der Waals surface area contributed by atoms with E-state index in [0.29, 0.717) is 15.5 Å². The highest BCUT2D eigenvalue weighted by atomic mass is 35.5. The summed E-state index contributed by atoms with van der Waals surface area (Å²) in [6.07, 6.45) is 3.14. The van der Waals surface area contributed by atoms with E-state index in [-0.39, 0.29) is 5.78 Å². The zero-order chi connectivity index (χ0) is 16.2. The van der Waals surface area contributed by atoms with Crippen molar-refractivity contribution in [2.45, 2.75) is 5.92 Å². The van der Waals surface area contributed by atoms with E-state index < -0.39 is 5.92 Å². The van der Waals surface area contributed by atoms with Crippen LogP contribution in [-0.2, 0) is 4.79 Å². The molecular weight excluding hydrogens is 328 g/mol. The number of rotatable bonds is 4. The summed E-state index contributed by atoms with van der Waals surface area (Å²) in [6, 6.07) is 16.9. The molecular formula is C18H11ClN2OS. The van der Waals surface area contributed by atoms with E-state index in [0.717, 1.165) is 10.3 Å². The molecule has 0 amide bonds. The van der Waals surface area contributed by atoms with Crippen LogP contribution in [-0.4, -0.2) is 10.8 Å². The molecule has 0 spiro atoms. The molecule has 0 saturated carbocycles. The number of halogens is 1. The van der Waals surface area contributed by atoms with Crippen LogP contribution >= 0.6 is 22.9 Å². The van der Waals surface area contributed by atoms with Crippen molar-refractivity contribution >= 4 is 45.0 Å². The molecule has 0 aliphatic heterocycles. The second-order valence-electron chi connectivity index (χ2n) is 4.87. The number of fused-ring (bicyclic) bond motifs is 1. The molecule has 0 bridgehead atoms. The lowest BCUT2D eigenvalue weighted by Gasteiger charge is -2.00. The molecule has 0 aliphatic carbocycles. The molecule has 3 aromatic rings. The number of ketones is 1. The Morgan fingerprint density at radius 3 is 2.78 bits per heavy atom. The first-order chi connectivity index (χ1) is 11.2. The second kappa shape index (κ2) is 6.74. The van der Waals surface area contributed by atoms with Crippen molar-refractivity contribution < 1.29 is 4.79 Å². The number of benzene rings is 2. The van der Waals surface area contributed by atoms with E-state index in [4.69, 9.17) is 11.6 Å². The number of nitrogens with zero attached hydrogens (tertiary/aromatic N) is 2. The Morgan fingerprint density at radius 2 is 2.04 bits per heavy atom. The Balaban J connectivity index is 1.87. The Labute approximate surface area is 142 Å². The molecule has 3 nitrogen and oxygen atoms in total. The highest BCUT2D eigenvalue weighted by Crippen LogP contribution is 2.30. The third-order valence-electron chi connectivity index (χ3n) is 3.27. The van der Waals surface area contributed by atoms with Crippen molar-refractivity contribution in [2.24, 2.45) is 0 Å². The molecule has 0 aliphatic rings. The summed E-state index contributed by atoms with van der Waals surface area (Å²) in [4.78, 5) is 16.7. The van der Waals surface area contributed by atoms with Gasteiger partial charge in [-0.2, -0.15) is 5.26 Å². The highest BCUT2D eigenvalue weighted by Gasteiger charge is 2.22. The molecule has 5 heteroatoms. The summed E-state index contributed by atoms with van der Waals surface area (Å²) >= 11 is 7.28. The van der Waals surface area contributed by atoms with Crippen LogP contribution in [0.25, 0.3) is 16.3 Å². The fourth-order valence-electron chi connectivity index (χ4n) is 2.12. The van der Waals surface area contributed by atoms with Crippen LogP contribution in [0.4, 0.5) is 0 Å². The van der Waals surface area contributed by atoms with Crippen LogP contribution in [0.5, 0.6) is 0 Å². The minimum atomic E-state index is -0.897. The van der Waals surface area contributed by atoms with E-state index in [1.54, 1.807) is 18.2 Å². The van der Waals surface area contributed by atoms with E-state index in [9.17, 15) is 10.1 Å². The molecule has 0 radical (unpaired) electrons. The normalized spacial score (nSPS) is 12.3. The molecule has 1 unspecified atom stereocenters. The second-order valence-corrected chi connectivity index (χ2v) is 6.37. The van der Waals surface area contributed by atoms with Crippen molar-refractivity contribution in [1.29, 1.82) is 5.26 Å². The minimum Gasteiger partial charge on any atom is -0.293 e. The maximum atomic E-state index is 12.3. The van der Waals surface area contributed by atoms with Crippen LogP contribution in [0, 0.1) is 11.3 Å². The van der Waals surface area contributed by atoms with Crippen LogP contribution in [0.3, 0.4) is 0 Å². The minimum absolute atomic E-state index is 0.276. The molecule has 3 rings (SSSR count). The fourth-order valence-corrected chi connectivity index (χ4v) is 3.29. The van der Waals surface area contributed by atoms with Gasteiger partial charge >= 0.3 is 0 Å². The van der Waals surface area contributed by atoms with Gasteiger partial charge in [0, 0.05) is 5.02 Å². The van der Waals surface area contributed by atoms with Gasteiger partial charge < -0.3 is 0 Å². The quantitative estimate of drug-likeness (QED) is 0.639. The SMILES string of the molecule is N#CC(C(=O)C=Cc1ccccc1)c1nc2cc(Cl)ccc2s1. The maximum Gasteiger partial charge on any atom is 0.179 e. The third kappa shape index (κ3) is 3.48. The van der Waals surface area contributed by atoms with E-state index in [1.807, 2.05) is 42.5 Å². The number of hydrogen-bond donors (Lipinski definition) is 0. The van der Waals surface area contributed by atoms with E-state index in [1.165, 1.54) is 17.4 Å². The molecule has 0 fully saturated rings. The summed E-state index contributed by atoms with van der Waals surface area (Å²) in [5.74, 6) is -1.17. The first kappa shape index (κ1) is 15.4. The van der Waals surface area contributed by atoms with Gasteiger partial charge in [-0.1, -0.05) is 48.0 Å². The topological polar surface area (TPSA) is 53.8 Å². The Hall–Kier alpha value is -2.48. The maximum absolute atomic E-state index is 12.3. The predicted octanol–water partition coefficient (Wildman–Crippen LogP) is 4.84. The number of carbonyl (C=O) groups is 1. The van der Waals surface area contributed by atoms with Crippen molar-refractivity contribution in [3.8, 4) is 6.07 Å². The molecule has 1 heterocycles. The van der Waals surface area contributed by atoms with Gasteiger partial charge in [0.2, 0.25) is 0 Å². The monoisotopic (exact) mass is 338 g/mol. The zero-order valence-electron chi connectivity index (χ0n) is 11.9. The van der Waals surface area contributed by atoms with Gasteiger partial charge in [0.1, 0.15) is 5.01 Å². The van der Waals surface area contributed by atoms with Crippen molar-refractivity contribution in [3.05, 3.63) is 70.2 Å². The van der Waals surface area contributed by atoms with Crippen LogP contribution in [0.15, 0.2) is 54.6 Å². The smallest absolute Gasteiger partial charge is 0.179 e. The van der Waals surface area contributed by atoms with Crippen LogP contribution in [0.2, 0.25) is 5.02 Å². The van der Waals surface area contributed by atoms with E-state index in [2.05, 4.69) is 4.98 Å². The summed E-state index contributed by atoms with van der Waals surface area (Å²) in [6.45, 7) is 0. The van der Waals surface area contributed by atoms with Gasteiger partial charge in [0.15, 0.2) is 11.7 Å². The fraction of sp³-hybridized carbons (Fsp3) is 0.0556. The first-order valence-corrected chi connectivity index (χ1v) is 8.09. The Kier molecular flexibility index (Phi) is 4.52. The Bertz CT molecular complexity index is 925. The number of allylic oxidation sites excluding steroid dienone is 1. The largest absolute Gasteiger partial charge is 0.293 e. The lowest BCUT2D eigenvalue weighted by molar-refractivity contribution is -0.114. The predicted molar refractivity (Wildman–Crippen MR) is 93.5 cm³/mol. The van der Waals surface area contributed by atoms with Crippen molar-refractivity contribution in [3.63, 3.8) is 0 Å². The van der Waals surface area contributed by atoms with Gasteiger partial charge in [0.25, 0.3) is 0 Å². The van der Waals surface area contributed by atoms with Crippen LogP contribution < -0.4 is 0 Å². The van der Waals surface area contributed by atoms with Gasteiger partial charge in [0.05, 0.1) is 16.3 Å². The van der Waals surface area contributed by atoms with Crippen molar-refractivity contribution in [1.82, 2.24) is 4.98 Å². The number of nitriles is 1. The lowest BCUT2D eigenvalue weighted by atomic mass is 10.1. The van der Waals surface area contributed by atoms with Gasteiger partial charge in [-0.15, -0.1) is 11.3 Å². The number of hydrogen-bond acceptors (Lipinski definition) is 4. The van der Waals surface area contributed by atoms with Gasteiger partial charge in [-0.25, -0.2) is 4.98 Å². The summed E-state index contributed by atoms with van der Waals surface area (Å²) in [5, 5.41) is 10.4. The van der Waals surface area contributed by atoms with Crippen LogP contribution in [0.1, 0.15) is 16.5 Å². The molecule has 112 valence electrons. The standard InChI is InChI=1S/C18H11ClN2OS/c19-13-7-9-17-15(10-13)21-18(23-17)14(11-20)16(22)8-6-12-4-2-1-3-5-12/h1-10,14H. The third-order valence-corrected chi connectivity index (χ3v) is 4.60. The van der Waals surface area contributed by atoms with E-state index >= 15 is 0 Å². The molecule has 1 aromatic heterocycles. The summed E-state index contributed by atoms with van der Waals surface area (Å²) in [7, 11) is 0.